The number of amides is 1. The molecule has 1 heterocycles. The summed E-state index contributed by atoms with van der Waals surface area (Å²) in [7, 11) is -4.47. The molecule has 0 aliphatic rings. The van der Waals surface area contributed by atoms with Gasteiger partial charge in [0.1, 0.15) is 12.4 Å². The SMILES string of the molecule is Cc1cc(/C=N/NC(=O)CN(c2ccc(Cl)c(C(F)(F)F)c2)S(=O)(=O)c2ccccc2)c(C)n1-c1ccccc1F. The highest BCUT2D eigenvalue weighted by atomic mass is 35.5. The van der Waals surface area contributed by atoms with Crippen LogP contribution < -0.4 is 9.73 Å². The Balaban J connectivity index is 1.62. The molecule has 1 amide bonds. The summed E-state index contributed by atoms with van der Waals surface area (Å²) >= 11 is 5.71. The molecule has 0 unspecified atom stereocenters. The minimum absolute atomic E-state index is 0.236. The summed E-state index contributed by atoms with van der Waals surface area (Å²) in [6, 6.07) is 17.4. The fraction of sp³-hybridized carbons (Fsp3) is 0.143. The number of nitrogens with zero attached hydrogens (tertiary/aromatic N) is 3. The molecule has 0 saturated carbocycles. The van der Waals surface area contributed by atoms with E-state index in [1.54, 1.807) is 48.7 Å². The summed E-state index contributed by atoms with van der Waals surface area (Å²) in [5.74, 6) is -1.35. The Labute approximate surface area is 238 Å². The largest absolute Gasteiger partial charge is 0.417 e. The van der Waals surface area contributed by atoms with Gasteiger partial charge in [-0.3, -0.25) is 9.10 Å². The molecule has 0 spiro atoms. The molecule has 0 aliphatic carbocycles. The van der Waals surface area contributed by atoms with Crippen molar-refractivity contribution in [3.8, 4) is 5.69 Å². The van der Waals surface area contributed by atoms with E-state index in [1.807, 2.05) is 0 Å². The van der Waals surface area contributed by atoms with Gasteiger partial charge in [-0.25, -0.2) is 18.2 Å². The van der Waals surface area contributed by atoms with Crippen molar-refractivity contribution >= 4 is 39.4 Å². The number of rotatable bonds is 8. The summed E-state index contributed by atoms with van der Waals surface area (Å²) in [5, 5.41) is 3.27. The van der Waals surface area contributed by atoms with Crippen LogP contribution in [0, 0.1) is 19.7 Å². The second-order valence-electron chi connectivity index (χ2n) is 8.89. The predicted molar refractivity (Wildman–Crippen MR) is 148 cm³/mol. The molecular weight excluding hydrogens is 584 g/mol. The average molecular weight is 607 g/mol. The van der Waals surface area contributed by atoms with Gasteiger partial charge in [-0.2, -0.15) is 18.3 Å². The first-order valence-electron chi connectivity index (χ1n) is 12.0. The lowest BCUT2D eigenvalue weighted by Crippen LogP contribution is -2.39. The van der Waals surface area contributed by atoms with Crippen LogP contribution >= 0.6 is 11.6 Å². The van der Waals surface area contributed by atoms with E-state index in [-0.39, 0.29) is 4.90 Å². The number of aromatic nitrogens is 1. The first-order valence-corrected chi connectivity index (χ1v) is 13.8. The topological polar surface area (TPSA) is 83.8 Å². The van der Waals surface area contributed by atoms with Crippen LogP contribution in [0.25, 0.3) is 5.69 Å². The third-order valence-electron chi connectivity index (χ3n) is 6.12. The number of carbonyl (C=O) groups excluding carboxylic acids is 1. The maximum atomic E-state index is 14.4. The molecule has 3 aromatic carbocycles. The third-order valence-corrected chi connectivity index (χ3v) is 8.24. The molecule has 0 atom stereocenters. The van der Waals surface area contributed by atoms with Gasteiger partial charge >= 0.3 is 6.18 Å². The smallest absolute Gasteiger partial charge is 0.315 e. The van der Waals surface area contributed by atoms with Crippen molar-refractivity contribution < 1.29 is 30.8 Å². The third kappa shape index (κ3) is 6.44. The maximum absolute atomic E-state index is 14.4. The molecule has 0 fully saturated rings. The molecule has 0 aliphatic heterocycles. The zero-order chi connectivity index (χ0) is 29.9. The Kier molecular flexibility index (Phi) is 8.55. The number of hydrogen-bond donors (Lipinski definition) is 1. The minimum atomic E-state index is -4.86. The van der Waals surface area contributed by atoms with Gasteiger partial charge in [0.15, 0.2) is 0 Å². The van der Waals surface area contributed by atoms with E-state index >= 15 is 0 Å². The Morgan fingerprint density at radius 1 is 1.02 bits per heavy atom. The fourth-order valence-electron chi connectivity index (χ4n) is 4.18. The van der Waals surface area contributed by atoms with Gasteiger partial charge in [-0.1, -0.05) is 41.9 Å². The van der Waals surface area contributed by atoms with Gasteiger partial charge in [0, 0.05) is 17.0 Å². The second kappa shape index (κ2) is 11.8. The van der Waals surface area contributed by atoms with E-state index in [0.29, 0.717) is 33.0 Å². The Hall–Kier alpha value is -4.16. The summed E-state index contributed by atoms with van der Waals surface area (Å²) < 4.78 is 84.0. The van der Waals surface area contributed by atoms with Crippen LogP contribution in [0.15, 0.2) is 88.9 Å². The van der Waals surface area contributed by atoms with Crippen molar-refractivity contribution in [3.63, 3.8) is 0 Å². The minimum Gasteiger partial charge on any atom is -0.315 e. The number of benzene rings is 3. The van der Waals surface area contributed by atoms with Gasteiger partial charge in [0.25, 0.3) is 15.9 Å². The van der Waals surface area contributed by atoms with Crippen molar-refractivity contribution in [2.45, 2.75) is 24.9 Å². The number of sulfonamides is 1. The van der Waals surface area contributed by atoms with Gasteiger partial charge in [0.2, 0.25) is 0 Å². The summed E-state index contributed by atoms with van der Waals surface area (Å²) in [6.45, 7) is 2.61. The molecule has 0 radical (unpaired) electrons. The van der Waals surface area contributed by atoms with Crippen LogP contribution in [-0.4, -0.2) is 31.7 Å². The highest BCUT2D eigenvalue weighted by Crippen LogP contribution is 2.38. The Bertz CT molecular complexity index is 1720. The van der Waals surface area contributed by atoms with Crippen molar-refractivity contribution in [3.05, 3.63) is 112 Å². The van der Waals surface area contributed by atoms with Crippen molar-refractivity contribution in [1.82, 2.24) is 9.99 Å². The molecule has 0 bridgehead atoms. The van der Waals surface area contributed by atoms with Crippen LogP contribution in [0.1, 0.15) is 22.5 Å². The predicted octanol–water partition coefficient (Wildman–Crippen LogP) is 6.25. The number of hydrogen-bond acceptors (Lipinski definition) is 4. The zero-order valence-electron chi connectivity index (χ0n) is 21.7. The highest BCUT2D eigenvalue weighted by molar-refractivity contribution is 7.92. The van der Waals surface area contributed by atoms with Crippen LogP contribution in [0.3, 0.4) is 0 Å². The molecule has 13 heteroatoms. The van der Waals surface area contributed by atoms with Crippen molar-refractivity contribution in [1.29, 1.82) is 0 Å². The number of carbonyl (C=O) groups is 1. The van der Waals surface area contributed by atoms with Gasteiger partial charge in [-0.15, -0.1) is 0 Å². The van der Waals surface area contributed by atoms with E-state index < -0.39 is 50.7 Å². The van der Waals surface area contributed by atoms with Crippen molar-refractivity contribution in [2.24, 2.45) is 5.10 Å². The summed E-state index contributed by atoms with van der Waals surface area (Å²) in [4.78, 5) is 12.6. The summed E-state index contributed by atoms with van der Waals surface area (Å²) in [5.41, 5.74) is 2.74. The number of para-hydroxylation sites is 1. The number of nitrogens with one attached hydrogen (secondary N) is 1. The fourth-order valence-corrected chi connectivity index (χ4v) is 5.84. The molecule has 1 aromatic heterocycles. The lowest BCUT2D eigenvalue weighted by molar-refractivity contribution is -0.137. The van der Waals surface area contributed by atoms with E-state index in [0.717, 1.165) is 12.1 Å². The molecule has 41 heavy (non-hydrogen) atoms. The first kappa shape index (κ1) is 29.8. The normalized spacial score (nSPS) is 12.1. The summed E-state index contributed by atoms with van der Waals surface area (Å²) in [6.07, 6.45) is -3.56. The molecule has 4 rings (SSSR count). The van der Waals surface area contributed by atoms with Gasteiger partial charge in [-0.05, 0) is 62.4 Å². The molecule has 1 N–H and O–H groups in total. The molecule has 7 nitrogen and oxygen atoms in total. The zero-order valence-corrected chi connectivity index (χ0v) is 23.2. The maximum Gasteiger partial charge on any atom is 0.417 e. The van der Waals surface area contributed by atoms with Crippen LogP contribution in [0.5, 0.6) is 0 Å². The standard InChI is InChI=1S/C28H23ClF4N4O3S/c1-18-14-20(19(2)37(18)26-11-7-6-10-25(26)30)16-34-35-27(38)17-36(41(39,40)22-8-4-3-5-9-22)21-12-13-24(29)23(15-21)28(31,32)33/h3-16H,17H2,1-2H3,(H,35,38)/b34-16+. The number of anilines is 1. The van der Waals surface area contributed by atoms with Crippen LogP contribution in [0.4, 0.5) is 23.2 Å². The number of aryl methyl sites for hydroxylation is 1. The molecule has 214 valence electrons. The van der Waals surface area contributed by atoms with E-state index in [1.165, 1.54) is 36.5 Å². The van der Waals surface area contributed by atoms with Gasteiger partial charge in [0.05, 0.1) is 33.1 Å². The molecular formula is C28H23ClF4N4O3S. The number of hydrazone groups is 1. The number of alkyl halides is 3. The Morgan fingerprint density at radius 2 is 1.68 bits per heavy atom. The molecule has 0 saturated heterocycles. The average Bonchev–Trinajstić information content (AvgIpc) is 3.20. The Morgan fingerprint density at radius 3 is 2.34 bits per heavy atom. The van der Waals surface area contributed by atoms with Crippen LogP contribution in [-0.2, 0) is 21.0 Å². The van der Waals surface area contributed by atoms with E-state index in [2.05, 4.69) is 10.5 Å². The van der Waals surface area contributed by atoms with Crippen molar-refractivity contribution in [2.75, 3.05) is 10.8 Å². The highest BCUT2D eigenvalue weighted by Gasteiger charge is 2.35. The van der Waals surface area contributed by atoms with E-state index in [9.17, 15) is 30.8 Å². The second-order valence-corrected chi connectivity index (χ2v) is 11.2. The number of halogens is 5. The first-order chi connectivity index (χ1) is 19.3. The molecule has 4 aromatic rings. The lowest BCUT2D eigenvalue weighted by atomic mass is 10.2. The van der Waals surface area contributed by atoms with Gasteiger partial charge < -0.3 is 4.57 Å². The quantitative estimate of drug-likeness (QED) is 0.146. The monoisotopic (exact) mass is 606 g/mol. The van der Waals surface area contributed by atoms with E-state index in [4.69, 9.17) is 11.6 Å². The van der Waals surface area contributed by atoms with Crippen LogP contribution in [0.2, 0.25) is 5.02 Å². The lowest BCUT2D eigenvalue weighted by Gasteiger charge is -2.24.